The second-order valence-electron chi connectivity index (χ2n) is 5.70. The normalized spacial score (nSPS) is 24.4. The lowest BCUT2D eigenvalue weighted by Crippen LogP contribution is -2.37. The minimum atomic E-state index is 0.378. The highest BCUT2D eigenvalue weighted by molar-refractivity contribution is 5.44. The molecule has 1 saturated heterocycles. The molecule has 1 aromatic rings. The van der Waals surface area contributed by atoms with Crippen LogP contribution in [-0.2, 0) is 0 Å². The van der Waals surface area contributed by atoms with E-state index in [0.29, 0.717) is 12.1 Å². The topological polar surface area (TPSA) is 47.7 Å². The average Bonchev–Trinajstić information content (AvgIpc) is 2.83. The summed E-state index contributed by atoms with van der Waals surface area (Å²) < 4.78 is 11.5. The Kier molecular flexibility index (Phi) is 4.13. The van der Waals surface area contributed by atoms with E-state index in [0.717, 1.165) is 44.2 Å². The van der Waals surface area contributed by atoms with E-state index in [1.54, 1.807) is 0 Å². The Morgan fingerprint density at radius 1 is 1.25 bits per heavy atom. The number of fused-ring (bicyclic) bond motifs is 1. The van der Waals surface area contributed by atoms with E-state index in [1.807, 2.05) is 6.07 Å². The number of nitrogens with two attached hydrogens (primary N) is 1. The first kappa shape index (κ1) is 13.7. The van der Waals surface area contributed by atoms with Crippen LogP contribution in [0.1, 0.15) is 37.8 Å². The third-order valence-electron chi connectivity index (χ3n) is 4.45. The van der Waals surface area contributed by atoms with Crippen molar-refractivity contribution in [3.8, 4) is 11.5 Å². The van der Waals surface area contributed by atoms with Crippen molar-refractivity contribution in [3.63, 3.8) is 0 Å². The maximum atomic E-state index is 5.89. The number of nitrogens with zero attached hydrogens (tertiary/aromatic N) is 1. The molecule has 0 aliphatic carbocycles. The van der Waals surface area contributed by atoms with E-state index < -0.39 is 0 Å². The van der Waals surface area contributed by atoms with Gasteiger partial charge in [-0.2, -0.15) is 0 Å². The van der Waals surface area contributed by atoms with E-state index in [4.69, 9.17) is 15.2 Å². The molecule has 2 unspecified atom stereocenters. The van der Waals surface area contributed by atoms with E-state index in [2.05, 4.69) is 24.0 Å². The monoisotopic (exact) mass is 276 g/mol. The number of ether oxygens (including phenoxy) is 2. The summed E-state index contributed by atoms with van der Waals surface area (Å²) in [6.45, 7) is 5.61. The summed E-state index contributed by atoms with van der Waals surface area (Å²) in [7, 11) is 0. The van der Waals surface area contributed by atoms with Crippen LogP contribution >= 0.6 is 0 Å². The lowest BCUT2D eigenvalue weighted by Gasteiger charge is -2.30. The Balaban J connectivity index is 1.81. The second-order valence-corrected chi connectivity index (χ2v) is 5.70. The highest BCUT2D eigenvalue weighted by Gasteiger charge is 2.28. The van der Waals surface area contributed by atoms with Crippen LogP contribution in [0.5, 0.6) is 11.5 Å². The minimum absolute atomic E-state index is 0.378. The molecule has 1 fully saturated rings. The Morgan fingerprint density at radius 2 is 2.05 bits per heavy atom. The molecule has 2 aliphatic heterocycles. The third-order valence-corrected chi connectivity index (χ3v) is 4.45. The highest BCUT2D eigenvalue weighted by Crippen LogP contribution is 2.35. The molecule has 2 atom stereocenters. The van der Waals surface area contributed by atoms with Crippen molar-refractivity contribution < 1.29 is 9.47 Å². The summed E-state index contributed by atoms with van der Waals surface area (Å²) in [5.41, 5.74) is 7.17. The maximum absolute atomic E-state index is 5.89. The molecule has 2 aliphatic rings. The molecule has 0 bridgehead atoms. The molecule has 0 saturated carbocycles. The van der Waals surface area contributed by atoms with Crippen molar-refractivity contribution >= 4 is 0 Å². The molecule has 2 heterocycles. The van der Waals surface area contributed by atoms with Crippen LogP contribution < -0.4 is 15.2 Å². The molecule has 0 spiro atoms. The zero-order chi connectivity index (χ0) is 13.9. The van der Waals surface area contributed by atoms with Crippen LogP contribution in [0, 0.1) is 0 Å². The number of likely N-dealkylation sites (tertiary alicyclic amines) is 1. The smallest absolute Gasteiger partial charge is 0.161 e. The molecule has 0 radical (unpaired) electrons. The van der Waals surface area contributed by atoms with Gasteiger partial charge in [-0.25, -0.2) is 0 Å². The summed E-state index contributed by atoms with van der Waals surface area (Å²) in [6.07, 6.45) is 3.41. The van der Waals surface area contributed by atoms with Gasteiger partial charge in [0.15, 0.2) is 11.5 Å². The molecule has 20 heavy (non-hydrogen) atoms. The van der Waals surface area contributed by atoms with Crippen molar-refractivity contribution in [3.05, 3.63) is 23.8 Å². The van der Waals surface area contributed by atoms with Gasteiger partial charge in [0, 0.05) is 25.0 Å². The third kappa shape index (κ3) is 2.63. The molecular formula is C16H24N2O2. The SMILES string of the molecule is CC(c1ccc2c(c1)OCCCO2)N1CCCC1CN. The van der Waals surface area contributed by atoms with Gasteiger partial charge in [0.25, 0.3) is 0 Å². The van der Waals surface area contributed by atoms with Crippen molar-refractivity contribution in [1.82, 2.24) is 4.90 Å². The molecule has 4 heteroatoms. The van der Waals surface area contributed by atoms with Crippen LogP contribution in [-0.4, -0.2) is 37.2 Å². The second kappa shape index (κ2) is 6.02. The molecule has 1 aromatic carbocycles. The molecular weight excluding hydrogens is 252 g/mol. The lowest BCUT2D eigenvalue weighted by molar-refractivity contribution is 0.196. The number of hydrogen-bond acceptors (Lipinski definition) is 4. The van der Waals surface area contributed by atoms with Crippen molar-refractivity contribution in [2.45, 2.75) is 38.3 Å². The fourth-order valence-corrected chi connectivity index (χ4v) is 3.25. The Hall–Kier alpha value is -1.26. The van der Waals surface area contributed by atoms with Crippen LogP contribution in [0.2, 0.25) is 0 Å². The lowest BCUT2D eigenvalue weighted by atomic mass is 10.1. The highest BCUT2D eigenvalue weighted by atomic mass is 16.5. The standard InChI is InChI=1S/C16H24N2O2/c1-12(18-7-2-4-14(18)11-17)13-5-6-15-16(10-13)20-9-3-8-19-15/h5-6,10,12,14H,2-4,7-9,11,17H2,1H3. The van der Waals surface area contributed by atoms with Gasteiger partial charge >= 0.3 is 0 Å². The summed E-state index contributed by atoms with van der Waals surface area (Å²) in [6, 6.07) is 7.23. The summed E-state index contributed by atoms with van der Waals surface area (Å²) in [5, 5.41) is 0. The van der Waals surface area contributed by atoms with Gasteiger partial charge in [0.1, 0.15) is 0 Å². The van der Waals surface area contributed by atoms with Crippen LogP contribution in [0.4, 0.5) is 0 Å². The Morgan fingerprint density at radius 3 is 2.85 bits per heavy atom. The minimum Gasteiger partial charge on any atom is -0.490 e. The fourth-order valence-electron chi connectivity index (χ4n) is 3.25. The zero-order valence-corrected chi connectivity index (χ0v) is 12.2. The molecule has 110 valence electrons. The fraction of sp³-hybridized carbons (Fsp3) is 0.625. The van der Waals surface area contributed by atoms with Crippen molar-refractivity contribution in [1.29, 1.82) is 0 Å². The first-order valence-electron chi connectivity index (χ1n) is 7.65. The predicted molar refractivity (Wildman–Crippen MR) is 79.2 cm³/mol. The summed E-state index contributed by atoms with van der Waals surface area (Å²) in [5.74, 6) is 1.76. The summed E-state index contributed by atoms with van der Waals surface area (Å²) >= 11 is 0. The van der Waals surface area contributed by atoms with Gasteiger partial charge < -0.3 is 15.2 Å². The van der Waals surface area contributed by atoms with Crippen LogP contribution in [0.3, 0.4) is 0 Å². The molecule has 4 nitrogen and oxygen atoms in total. The van der Waals surface area contributed by atoms with Crippen LogP contribution in [0.25, 0.3) is 0 Å². The molecule has 3 rings (SSSR count). The molecule has 0 aromatic heterocycles. The average molecular weight is 276 g/mol. The van der Waals surface area contributed by atoms with E-state index in [9.17, 15) is 0 Å². The first-order chi connectivity index (χ1) is 9.79. The number of rotatable bonds is 3. The van der Waals surface area contributed by atoms with Gasteiger partial charge in [-0.05, 0) is 44.0 Å². The molecule has 0 amide bonds. The van der Waals surface area contributed by atoms with Crippen LogP contribution in [0.15, 0.2) is 18.2 Å². The van der Waals surface area contributed by atoms with Gasteiger partial charge in [-0.1, -0.05) is 6.07 Å². The number of benzene rings is 1. The predicted octanol–water partition coefficient (Wildman–Crippen LogP) is 2.33. The van der Waals surface area contributed by atoms with Gasteiger partial charge in [-0.3, -0.25) is 4.90 Å². The van der Waals surface area contributed by atoms with E-state index in [1.165, 1.54) is 18.4 Å². The van der Waals surface area contributed by atoms with E-state index >= 15 is 0 Å². The van der Waals surface area contributed by atoms with Gasteiger partial charge in [-0.15, -0.1) is 0 Å². The Bertz CT molecular complexity index is 464. The zero-order valence-electron chi connectivity index (χ0n) is 12.2. The largest absolute Gasteiger partial charge is 0.490 e. The van der Waals surface area contributed by atoms with Gasteiger partial charge in [0.2, 0.25) is 0 Å². The van der Waals surface area contributed by atoms with Gasteiger partial charge in [0.05, 0.1) is 13.2 Å². The summed E-state index contributed by atoms with van der Waals surface area (Å²) in [4.78, 5) is 2.51. The number of hydrogen-bond donors (Lipinski definition) is 1. The Labute approximate surface area is 120 Å². The maximum Gasteiger partial charge on any atom is 0.161 e. The van der Waals surface area contributed by atoms with E-state index in [-0.39, 0.29) is 0 Å². The van der Waals surface area contributed by atoms with Crippen molar-refractivity contribution in [2.75, 3.05) is 26.3 Å². The first-order valence-corrected chi connectivity index (χ1v) is 7.65. The molecule has 2 N–H and O–H groups in total. The quantitative estimate of drug-likeness (QED) is 0.920. The van der Waals surface area contributed by atoms with Crippen molar-refractivity contribution in [2.24, 2.45) is 5.73 Å².